The molecule has 0 saturated carbocycles. The molecular weight excluding hydrogens is 284 g/mol. The average Bonchev–Trinajstić information content (AvgIpc) is 2.46. The number of fused-ring (bicyclic) bond motifs is 4. The van der Waals surface area contributed by atoms with E-state index in [0.717, 1.165) is 22.3 Å². The summed E-state index contributed by atoms with van der Waals surface area (Å²) in [6.45, 7) is 2.60. The molecule has 0 N–H and O–H groups in total. The van der Waals surface area contributed by atoms with Gasteiger partial charge in [-0.1, -0.05) is 24.3 Å². The Morgan fingerprint density at radius 2 is 1.68 bits per heavy atom. The average molecular weight is 300 g/mol. The van der Waals surface area contributed by atoms with E-state index in [2.05, 4.69) is 0 Å². The van der Waals surface area contributed by atoms with Gasteiger partial charge in [-0.2, -0.15) is 0 Å². The van der Waals surface area contributed by atoms with Crippen LogP contribution in [0.4, 0.5) is 0 Å². The Balaban J connectivity index is 2.09. The second kappa shape index (κ2) is 5.10. The summed E-state index contributed by atoms with van der Waals surface area (Å²) in [5, 5.41) is 0. The molecule has 0 radical (unpaired) electrons. The van der Waals surface area contributed by atoms with Crippen molar-refractivity contribution in [1.82, 2.24) is 0 Å². The lowest BCUT2D eigenvalue weighted by Gasteiger charge is -2.41. The first-order valence-corrected chi connectivity index (χ1v) is 6.93. The molecule has 1 aromatic carbocycles. The summed E-state index contributed by atoms with van der Waals surface area (Å²) in [5.41, 5.74) is 4.05. The first kappa shape index (κ1) is 14.5. The zero-order valence-electron chi connectivity index (χ0n) is 12.6. The molecule has 0 amide bonds. The summed E-state index contributed by atoms with van der Waals surface area (Å²) >= 11 is 0. The van der Waals surface area contributed by atoms with Crippen LogP contribution in [0.2, 0.25) is 0 Å². The number of methoxy groups -OCH3 is 1. The second-order valence-corrected chi connectivity index (χ2v) is 5.23. The van der Waals surface area contributed by atoms with Crippen LogP contribution in [0.1, 0.15) is 25.0 Å². The number of esters is 2. The van der Waals surface area contributed by atoms with Crippen molar-refractivity contribution in [2.45, 2.75) is 25.7 Å². The number of carbonyl (C=O) groups excluding carboxylic acids is 2. The molecule has 0 saturated heterocycles. The highest BCUT2D eigenvalue weighted by molar-refractivity contribution is 6.17. The SMILES string of the molecule is CO[C@]1(OC(C)=O)C=C2C(=C[C@@H]1OC(C)=O)c1ccccc12. The van der Waals surface area contributed by atoms with Gasteiger partial charge >= 0.3 is 11.9 Å². The van der Waals surface area contributed by atoms with E-state index in [0.29, 0.717) is 0 Å². The molecule has 0 heterocycles. The fourth-order valence-electron chi connectivity index (χ4n) is 2.89. The van der Waals surface area contributed by atoms with E-state index in [1.165, 1.54) is 21.0 Å². The Bertz CT molecular complexity index is 716. The van der Waals surface area contributed by atoms with E-state index in [4.69, 9.17) is 14.2 Å². The zero-order chi connectivity index (χ0) is 15.9. The van der Waals surface area contributed by atoms with Crippen molar-refractivity contribution in [3.05, 3.63) is 47.5 Å². The zero-order valence-corrected chi connectivity index (χ0v) is 12.6. The van der Waals surface area contributed by atoms with Crippen LogP contribution < -0.4 is 0 Å². The molecule has 0 aliphatic heterocycles. The van der Waals surface area contributed by atoms with Gasteiger partial charge in [-0.15, -0.1) is 0 Å². The third-order valence-corrected chi connectivity index (χ3v) is 3.77. The molecule has 2 aliphatic carbocycles. The molecule has 22 heavy (non-hydrogen) atoms. The van der Waals surface area contributed by atoms with Crippen LogP contribution in [0.15, 0.2) is 36.4 Å². The summed E-state index contributed by atoms with van der Waals surface area (Å²) in [5.74, 6) is -2.43. The van der Waals surface area contributed by atoms with Crippen molar-refractivity contribution in [1.29, 1.82) is 0 Å². The third-order valence-electron chi connectivity index (χ3n) is 3.77. The van der Waals surface area contributed by atoms with Crippen molar-refractivity contribution in [2.24, 2.45) is 0 Å². The van der Waals surface area contributed by atoms with E-state index in [1.807, 2.05) is 24.3 Å². The van der Waals surface area contributed by atoms with Crippen molar-refractivity contribution >= 4 is 23.1 Å². The Hall–Kier alpha value is -2.40. The number of allylic oxidation sites excluding steroid dienone is 2. The Labute approximate surface area is 128 Å². The minimum Gasteiger partial charge on any atom is -0.451 e. The summed E-state index contributed by atoms with van der Waals surface area (Å²) in [6, 6.07) is 7.87. The van der Waals surface area contributed by atoms with Crippen molar-refractivity contribution in [3.8, 4) is 0 Å². The quantitative estimate of drug-likeness (QED) is 0.633. The van der Waals surface area contributed by atoms with Gasteiger partial charge in [-0.3, -0.25) is 9.59 Å². The first-order valence-electron chi connectivity index (χ1n) is 6.93. The summed E-state index contributed by atoms with van der Waals surface area (Å²) in [7, 11) is 1.42. The molecule has 3 rings (SSSR count). The second-order valence-electron chi connectivity index (χ2n) is 5.23. The lowest BCUT2D eigenvalue weighted by Crippen LogP contribution is -2.49. The Morgan fingerprint density at radius 1 is 1.05 bits per heavy atom. The Kier molecular flexibility index (Phi) is 3.37. The van der Waals surface area contributed by atoms with Gasteiger partial charge in [0.15, 0.2) is 6.10 Å². The van der Waals surface area contributed by atoms with Crippen LogP contribution in [0.25, 0.3) is 11.1 Å². The monoisotopic (exact) mass is 300 g/mol. The predicted octanol–water partition coefficient (Wildman–Crippen LogP) is 2.32. The van der Waals surface area contributed by atoms with E-state index in [1.54, 1.807) is 12.2 Å². The lowest BCUT2D eigenvalue weighted by molar-refractivity contribution is -0.231. The van der Waals surface area contributed by atoms with Gasteiger partial charge in [0.05, 0.1) is 0 Å². The highest BCUT2D eigenvalue weighted by Gasteiger charge is 2.48. The predicted molar refractivity (Wildman–Crippen MR) is 79.5 cm³/mol. The summed E-state index contributed by atoms with van der Waals surface area (Å²) in [4.78, 5) is 22.9. The number of hydrogen-bond donors (Lipinski definition) is 0. The maximum Gasteiger partial charge on any atom is 0.305 e. The molecule has 0 unspecified atom stereocenters. The molecule has 2 aliphatic rings. The molecule has 0 fully saturated rings. The van der Waals surface area contributed by atoms with Gasteiger partial charge in [-0.25, -0.2) is 0 Å². The molecule has 5 nitrogen and oxygen atoms in total. The molecule has 2 atom stereocenters. The van der Waals surface area contributed by atoms with Crippen molar-refractivity contribution < 1.29 is 23.8 Å². The van der Waals surface area contributed by atoms with Crippen LogP contribution in [-0.4, -0.2) is 30.9 Å². The summed E-state index contributed by atoms with van der Waals surface area (Å²) < 4.78 is 16.1. The van der Waals surface area contributed by atoms with Crippen molar-refractivity contribution in [3.63, 3.8) is 0 Å². The summed E-state index contributed by atoms with van der Waals surface area (Å²) in [6.07, 6.45) is 2.65. The third kappa shape index (κ3) is 2.14. The molecule has 0 aromatic heterocycles. The lowest BCUT2D eigenvalue weighted by atomic mass is 9.73. The maximum absolute atomic E-state index is 11.5. The van der Waals surface area contributed by atoms with E-state index in [9.17, 15) is 9.59 Å². The molecule has 5 heteroatoms. The van der Waals surface area contributed by atoms with Crippen LogP contribution in [0.5, 0.6) is 0 Å². The molecule has 0 spiro atoms. The fraction of sp³-hybridized carbons (Fsp3) is 0.294. The highest BCUT2D eigenvalue weighted by Crippen LogP contribution is 2.50. The number of carbonyl (C=O) groups is 2. The largest absolute Gasteiger partial charge is 0.451 e. The normalized spacial score (nSPS) is 25.0. The van der Waals surface area contributed by atoms with Crippen LogP contribution in [-0.2, 0) is 23.8 Å². The smallest absolute Gasteiger partial charge is 0.305 e. The Morgan fingerprint density at radius 3 is 2.23 bits per heavy atom. The van der Waals surface area contributed by atoms with Gasteiger partial charge in [0.25, 0.3) is 5.79 Å². The molecule has 114 valence electrons. The van der Waals surface area contributed by atoms with E-state index < -0.39 is 23.8 Å². The fourth-order valence-corrected chi connectivity index (χ4v) is 2.89. The van der Waals surface area contributed by atoms with Crippen LogP contribution >= 0.6 is 0 Å². The van der Waals surface area contributed by atoms with Gasteiger partial charge in [0, 0.05) is 21.0 Å². The molecule has 1 aromatic rings. The minimum atomic E-state index is -1.44. The van der Waals surface area contributed by atoms with Crippen LogP contribution in [0, 0.1) is 0 Å². The van der Waals surface area contributed by atoms with Crippen LogP contribution in [0.3, 0.4) is 0 Å². The van der Waals surface area contributed by atoms with E-state index in [-0.39, 0.29) is 0 Å². The van der Waals surface area contributed by atoms with Gasteiger partial charge in [0.1, 0.15) is 0 Å². The topological polar surface area (TPSA) is 61.8 Å². The number of benzene rings is 1. The highest BCUT2D eigenvalue weighted by atomic mass is 16.7. The van der Waals surface area contributed by atoms with E-state index >= 15 is 0 Å². The van der Waals surface area contributed by atoms with Crippen molar-refractivity contribution in [2.75, 3.05) is 7.11 Å². The van der Waals surface area contributed by atoms with Gasteiger partial charge < -0.3 is 14.2 Å². The minimum absolute atomic E-state index is 0.472. The number of hydrogen-bond acceptors (Lipinski definition) is 5. The standard InChI is InChI=1S/C17H16O5/c1-10(18)21-16-8-14-12-6-4-5-7-13(12)15(14)9-17(16,20-3)22-11(2)19/h4-9,16H,1-3H3/t16-,17-/m0/s1. The maximum atomic E-state index is 11.5. The molecule has 0 bridgehead atoms. The number of rotatable bonds is 3. The molecular formula is C17H16O5. The first-order chi connectivity index (χ1) is 10.5. The number of ether oxygens (including phenoxy) is 3. The van der Waals surface area contributed by atoms with Gasteiger partial charge in [-0.05, 0) is 34.4 Å². The van der Waals surface area contributed by atoms with Gasteiger partial charge in [0.2, 0.25) is 0 Å².